The van der Waals surface area contributed by atoms with Crippen LogP contribution in [0.3, 0.4) is 0 Å². The Bertz CT molecular complexity index is 1040. The Morgan fingerprint density at radius 3 is 2.68 bits per heavy atom. The van der Waals surface area contributed by atoms with Gasteiger partial charge in [-0.3, -0.25) is 10.1 Å². The second kappa shape index (κ2) is 11.0. The summed E-state index contributed by atoms with van der Waals surface area (Å²) in [4.78, 5) is 17.1. The first-order valence-corrected chi connectivity index (χ1v) is 10.6. The highest BCUT2D eigenvalue weighted by Gasteiger charge is 2.15. The maximum Gasteiger partial charge on any atom is 0.209 e. The van der Waals surface area contributed by atoms with Gasteiger partial charge in [0.25, 0.3) is 0 Å². The lowest BCUT2D eigenvalue weighted by molar-refractivity contribution is -0.253. The second-order valence-electron chi connectivity index (χ2n) is 7.27. The predicted molar refractivity (Wildman–Crippen MR) is 123 cm³/mol. The van der Waals surface area contributed by atoms with E-state index in [-0.39, 0.29) is 18.5 Å². The van der Waals surface area contributed by atoms with E-state index in [0.717, 1.165) is 12.0 Å². The lowest BCUT2D eigenvalue weighted by Gasteiger charge is -2.13. The Morgan fingerprint density at radius 1 is 1.19 bits per heavy atom. The molecule has 0 spiro atoms. The van der Waals surface area contributed by atoms with Crippen molar-refractivity contribution in [3.8, 4) is 5.75 Å². The molecule has 1 heterocycles. The van der Waals surface area contributed by atoms with Crippen molar-refractivity contribution in [1.29, 1.82) is 0 Å². The number of halogens is 1. The van der Waals surface area contributed by atoms with Gasteiger partial charge in [0, 0.05) is 18.3 Å². The van der Waals surface area contributed by atoms with Crippen LogP contribution >= 0.6 is 11.6 Å². The number of carbonyl (C=O) groups excluding carboxylic acids is 1. The normalized spacial score (nSPS) is 12.3. The lowest BCUT2D eigenvalue weighted by Crippen LogP contribution is -2.18. The van der Waals surface area contributed by atoms with Crippen molar-refractivity contribution < 1.29 is 19.7 Å². The van der Waals surface area contributed by atoms with Crippen molar-refractivity contribution >= 4 is 23.5 Å². The van der Waals surface area contributed by atoms with E-state index < -0.39 is 0 Å². The van der Waals surface area contributed by atoms with E-state index in [1.165, 1.54) is 5.56 Å². The number of aryl methyl sites for hydroxylation is 1. The van der Waals surface area contributed by atoms with Gasteiger partial charge >= 0.3 is 0 Å². The fraction of sp³-hybridized carbons (Fsp3) is 0.240. The minimum atomic E-state index is -0.272. The van der Waals surface area contributed by atoms with E-state index in [9.17, 15) is 4.79 Å². The molecule has 1 N–H and O–H groups in total. The zero-order valence-electron chi connectivity index (χ0n) is 17.6. The van der Waals surface area contributed by atoms with Crippen molar-refractivity contribution in [3.63, 3.8) is 0 Å². The lowest BCUT2D eigenvalue weighted by atomic mass is 10.0. The number of rotatable bonds is 10. The summed E-state index contributed by atoms with van der Waals surface area (Å²) in [6.45, 7) is 4.48. The number of ether oxygens (including phenoxy) is 1. The molecule has 6 heteroatoms. The van der Waals surface area contributed by atoms with Crippen LogP contribution in [-0.4, -0.2) is 28.3 Å². The quantitative estimate of drug-likeness (QED) is 0.242. The Morgan fingerprint density at radius 2 is 1.97 bits per heavy atom. The van der Waals surface area contributed by atoms with Crippen LogP contribution in [0.1, 0.15) is 41.0 Å². The number of carbonyl (C=O) groups is 1. The molecular formula is C25H26ClNO4. The number of aromatic nitrogens is 1. The topological polar surface area (TPSA) is 60.7 Å². The SMILES string of the molecule is CCc1ccc(C(=O)c2cc(Cl)cn2CC=Cc2cccc(O[C@@H](C)COO)c2)cc1. The molecule has 0 radical (unpaired) electrons. The molecule has 0 saturated heterocycles. The van der Waals surface area contributed by atoms with E-state index in [0.29, 0.717) is 28.6 Å². The average molecular weight is 440 g/mol. The van der Waals surface area contributed by atoms with Gasteiger partial charge in [0.1, 0.15) is 18.5 Å². The van der Waals surface area contributed by atoms with Crippen molar-refractivity contribution in [1.82, 2.24) is 4.57 Å². The highest BCUT2D eigenvalue weighted by atomic mass is 35.5. The van der Waals surface area contributed by atoms with Crippen molar-refractivity contribution in [3.05, 3.63) is 94.3 Å². The van der Waals surface area contributed by atoms with E-state index in [1.807, 2.05) is 72.2 Å². The maximum atomic E-state index is 13.0. The Kier molecular flexibility index (Phi) is 8.06. The highest BCUT2D eigenvalue weighted by molar-refractivity contribution is 6.31. The van der Waals surface area contributed by atoms with Crippen LogP contribution < -0.4 is 4.74 Å². The van der Waals surface area contributed by atoms with E-state index in [4.69, 9.17) is 21.6 Å². The molecule has 0 saturated carbocycles. The maximum absolute atomic E-state index is 13.0. The standard InChI is InChI=1S/C25H26ClNO4/c1-3-19-9-11-21(12-10-19)25(28)24-15-22(26)16-27(24)13-5-7-20-6-4-8-23(14-20)31-18(2)17-30-29/h4-12,14-16,18,29H,3,13,17H2,1-2H3/t18-/m0/s1. The van der Waals surface area contributed by atoms with Gasteiger partial charge < -0.3 is 9.30 Å². The molecule has 0 aliphatic heterocycles. The summed E-state index contributed by atoms with van der Waals surface area (Å²) in [5, 5.41) is 9.05. The molecule has 5 nitrogen and oxygen atoms in total. The van der Waals surface area contributed by atoms with Gasteiger partial charge in [0.15, 0.2) is 0 Å². The number of hydrogen-bond donors (Lipinski definition) is 1. The molecule has 0 unspecified atom stereocenters. The molecule has 0 aliphatic rings. The minimum absolute atomic E-state index is 0.0570. The summed E-state index contributed by atoms with van der Waals surface area (Å²) in [5.41, 5.74) is 3.34. The van der Waals surface area contributed by atoms with Gasteiger partial charge in [-0.1, -0.05) is 67.1 Å². The summed E-state index contributed by atoms with van der Waals surface area (Å²) in [6.07, 6.45) is 6.34. The van der Waals surface area contributed by atoms with Gasteiger partial charge in [0.05, 0.1) is 10.7 Å². The van der Waals surface area contributed by atoms with Crippen LogP contribution in [0.15, 0.2) is 66.9 Å². The largest absolute Gasteiger partial charge is 0.488 e. The summed E-state index contributed by atoms with van der Waals surface area (Å²) in [6, 6.07) is 17.0. The molecule has 162 valence electrons. The summed E-state index contributed by atoms with van der Waals surface area (Å²) < 4.78 is 7.54. The monoisotopic (exact) mass is 439 g/mol. The fourth-order valence-corrected chi connectivity index (χ4v) is 3.44. The van der Waals surface area contributed by atoms with Crippen LogP contribution in [0.2, 0.25) is 5.02 Å². The molecule has 1 aromatic heterocycles. The Balaban J connectivity index is 1.71. The van der Waals surface area contributed by atoms with Crippen molar-refractivity contribution in [2.24, 2.45) is 0 Å². The van der Waals surface area contributed by atoms with Crippen LogP contribution in [0, 0.1) is 0 Å². The fourth-order valence-electron chi connectivity index (χ4n) is 3.22. The van der Waals surface area contributed by atoms with Crippen molar-refractivity contribution in [2.45, 2.75) is 32.9 Å². The first-order valence-electron chi connectivity index (χ1n) is 10.2. The predicted octanol–water partition coefficient (Wildman–Crippen LogP) is 5.91. The number of hydrogen-bond acceptors (Lipinski definition) is 4. The number of nitrogens with zero attached hydrogens (tertiary/aromatic N) is 1. The van der Waals surface area contributed by atoms with Gasteiger partial charge in [-0.15, -0.1) is 0 Å². The molecule has 31 heavy (non-hydrogen) atoms. The van der Waals surface area contributed by atoms with Crippen LogP contribution in [-0.2, 0) is 17.9 Å². The zero-order chi connectivity index (χ0) is 22.2. The minimum Gasteiger partial charge on any atom is -0.488 e. The van der Waals surface area contributed by atoms with Gasteiger partial charge in [-0.05, 0) is 42.7 Å². The smallest absolute Gasteiger partial charge is 0.209 e. The molecule has 3 rings (SSSR count). The van der Waals surface area contributed by atoms with Crippen LogP contribution in [0.4, 0.5) is 0 Å². The van der Waals surface area contributed by atoms with Crippen LogP contribution in [0.5, 0.6) is 5.75 Å². The van der Waals surface area contributed by atoms with Crippen molar-refractivity contribution in [2.75, 3.05) is 6.61 Å². The molecule has 0 bridgehead atoms. The molecule has 3 aromatic rings. The molecule has 0 amide bonds. The first kappa shape index (κ1) is 22.8. The number of benzene rings is 2. The van der Waals surface area contributed by atoms with Gasteiger partial charge in [0.2, 0.25) is 5.78 Å². The number of allylic oxidation sites excluding steroid dienone is 1. The summed E-state index contributed by atoms with van der Waals surface area (Å²) >= 11 is 6.19. The van der Waals surface area contributed by atoms with E-state index in [1.54, 1.807) is 12.3 Å². The summed E-state index contributed by atoms with van der Waals surface area (Å²) in [5.74, 6) is 0.626. The zero-order valence-corrected chi connectivity index (χ0v) is 18.4. The van der Waals surface area contributed by atoms with E-state index in [2.05, 4.69) is 11.8 Å². The third-order valence-corrected chi connectivity index (χ3v) is 5.04. The third-order valence-electron chi connectivity index (χ3n) is 4.84. The highest BCUT2D eigenvalue weighted by Crippen LogP contribution is 2.20. The second-order valence-corrected chi connectivity index (χ2v) is 7.71. The molecule has 1 atom stereocenters. The van der Waals surface area contributed by atoms with E-state index >= 15 is 0 Å². The molecule has 0 aliphatic carbocycles. The van der Waals surface area contributed by atoms with Gasteiger partial charge in [-0.2, -0.15) is 0 Å². The Labute approximate surface area is 187 Å². The van der Waals surface area contributed by atoms with Gasteiger partial charge in [-0.25, -0.2) is 4.89 Å². The molecule has 2 aromatic carbocycles. The Hall–Kier alpha value is -2.86. The molecule has 0 fully saturated rings. The molecular weight excluding hydrogens is 414 g/mol. The first-order chi connectivity index (χ1) is 15.0. The van der Waals surface area contributed by atoms with Crippen LogP contribution in [0.25, 0.3) is 6.08 Å². The number of ketones is 1. The third kappa shape index (κ3) is 6.31. The summed E-state index contributed by atoms with van der Waals surface area (Å²) in [7, 11) is 0. The average Bonchev–Trinajstić information content (AvgIpc) is 3.14.